The first-order valence-corrected chi connectivity index (χ1v) is 11.7. The highest BCUT2D eigenvalue weighted by Crippen LogP contribution is 2.31. The van der Waals surface area contributed by atoms with Crippen LogP contribution in [0.4, 0.5) is 11.8 Å². The van der Waals surface area contributed by atoms with Gasteiger partial charge in [-0.05, 0) is 47.7 Å². The molecule has 190 valence electrons. The molecule has 5 aromatic rings. The van der Waals surface area contributed by atoms with Gasteiger partial charge in [-0.1, -0.05) is 36.4 Å². The molecule has 10 heteroatoms. The molecule has 10 nitrogen and oxygen atoms in total. The summed E-state index contributed by atoms with van der Waals surface area (Å²) < 4.78 is 6.91. The molecule has 0 saturated carbocycles. The second-order valence-electron chi connectivity index (χ2n) is 8.56. The molecule has 0 saturated heterocycles. The topological polar surface area (TPSA) is 145 Å². The van der Waals surface area contributed by atoms with Gasteiger partial charge in [0.2, 0.25) is 11.8 Å². The average Bonchev–Trinajstić information content (AvgIpc) is 2.93. The third-order valence-corrected chi connectivity index (χ3v) is 6.18. The van der Waals surface area contributed by atoms with Gasteiger partial charge in [0, 0.05) is 29.8 Å². The first-order valence-electron chi connectivity index (χ1n) is 11.7. The highest BCUT2D eigenvalue weighted by molar-refractivity contribution is 5.97. The molecule has 0 aliphatic heterocycles. The van der Waals surface area contributed by atoms with Crippen LogP contribution in [0.2, 0.25) is 0 Å². The van der Waals surface area contributed by atoms with Crippen LogP contribution in [0.15, 0.2) is 83.9 Å². The molecule has 3 heterocycles. The van der Waals surface area contributed by atoms with E-state index < -0.39 is 12.0 Å². The minimum absolute atomic E-state index is 0.0577. The molecular formula is C28H24N6O4. The number of carboxylic acids is 1. The Balaban J connectivity index is 1.74. The lowest BCUT2D eigenvalue weighted by Gasteiger charge is -2.22. The number of pyridine rings is 2. The number of hydrogen-bond donors (Lipinski definition) is 3. The molecule has 0 bridgehead atoms. The van der Waals surface area contributed by atoms with Crippen LogP contribution in [0, 0.1) is 0 Å². The zero-order valence-corrected chi connectivity index (χ0v) is 20.6. The van der Waals surface area contributed by atoms with Gasteiger partial charge in [0.15, 0.2) is 0 Å². The van der Waals surface area contributed by atoms with Crippen molar-refractivity contribution in [3.05, 3.63) is 101 Å². The monoisotopic (exact) mass is 508 g/mol. The van der Waals surface area contributed by atoms with E-state index >= 15 is 0 Å². The fourth-order valence-electron chi connectivity index (χ4n) is 4.41. The molecule has 5 rings (SSSR count). The summed E-state index contributed by atoms with van der Waals surface area (Å²) >= 11 is 0. The number of nitrogens with zero attached hydrogens (tertiary/aromatic N) is 4. The Morgan fingerprint density at radius 2 is 1.87 bits per heavy atom. The van der Waals surface area contributed by atoms with Crippen molar-refractivity contribution in [2.24, 2.45) is 0 Å². The summed E-state index contributed by atoms with van der Waals surface area (Å²) in [5.74, 6) is -0.768. The standard InChI is InChI=1S/C28H24N6O4/c1-16(32-25-21(27(36)37)15-31-28(29)33-25)22-13-18-7-6-10-20(17-11-12-30-23(14-17)38-2)24(18)26(35)34(22)19-8-4-3-5-9-19/h3-16H,1-2H3,(H,36,37)(H3,29,31,32,33). The van der Waals surface area contributed by atoms with Gasteiger partial charge in [-0.25, -0.2) is 14.8 Å². The summed E-state index contributed by atoms with van der Waals surface area (Å²) in [7, 11) is 1.54. The molecule has 4 N–H and O–H groups in total. The van der Waals surface area contributed by atoms with Gasteiger partial charge >= 0.3 is 5.97 Å². The molecule has 1 atom stereocenters. The Morgan fingerprint density at radius 1 is 1.08 bits per heavy atom. The Morgan fingerprint density at radius 3 is 2.61 bits per heavy atom. The van der Waals surface area contributed by atoms with Crippen molar-refractivity contribution >= 4 is 28.5 Å². The lowest BCUT2D eigenvalue weighted by Crippen LogP contribution is -2.26. The lowest BCUT2D eigenvalue weighted by atomic mass is 9.98. The van der Waals surface area contributed by atoms with E-state index in [4.69, 9.17) is 10.5 Å². The summed E-state index contributed by atoms with van der Waals surface area (Å²) in [6.07, 6.45) is 2.79. The van der Waals surface area contributed by atoms with Crippen molar-refractivity contribution in [3.63, 3.8) is 0 Å². The number of methoxy groups -OCH3 is 1. The molecule has 0 fully saturated rings. The van der Waals surface area contributed by atoms with E-state index in [1.54, 1.807) is 23.9 Å². The van der Waals surface area contributed by atoms with Crippen LogP contribution in [-0.4, -0.2) is 37.7 Å². The summed E-state index contributed by atoms with van der Waals surface area (Å²) in [5.41, 5.74) is 8.16. The summed E-state index contributed by atoms with van der Waals surface area (Å²) in [5, 5.41) is 14.0. The van der Waals surface area contributed by atoms with Gasteiger partial charge in [-0.15, -0.1) is 0 Å². The maximum Gasteiger partial charge on any atom is 0.341 e. The number of nitrogen functional groups attached to an aromatic ring is 1. The van der Waals surface area contributed by atoms with Crippen LogP contribution in [-0.2, 0) is 0 Å². The number of carbonyl (C=O) groups is 1. The molecule has 3 aromatic heterocycles. The third kappa shape index (κ3) is 4.50. The van der Waals surface area contributed by atoms with Crippen LogP contribution in [0.25, 0.3) is 27.6 Å². The number of fused-ring (bicyclic) bond motifs is 1. The van der Waals surface area contributed by atoms with Crippen LogP contribution in [0.5, 0.6) is 5.88 Å². The summed E-state index contributed by atoms with van der Waals surface area (Å²) in [4.78, 5) is 38.0. The fraction of sp³-hybridized carbons (Fsp3) is 0.107. The normalized spacial score (nSPS) is 11.7. The van der Waals surface area contributed by atoms with E-state index in [0.29, 0.717) is 22.6 Å². The number of hydrogen-bond acceptors (Lipinski definition) is 8. The number of nitrogens with two attached hydrogens (primary N) is 1. The molecule has 0 aliphatic rings. The Bertz CT molecular complexity index is 1720. The number of para-hydroxylation sites is 1. The van der Waals surface area contributed by atoms with Crippen LogP contribution >= 0.6 is 0 Å². The summed E-state index contributed by atoms with van der Waals surface area (Å²) in [6, 6.07) is 19.9. The van der Waals surface area contributed by atoms with Crippen molar-refractivity contribution in [2.45, 2.75) is 13.0 Å². The molecule has 0 amide bonds. The maximum atomic E-state index is 14.2. The van der Waals surface area contributed by atoms with Crippen molar-refractivity contribution < 1.29 is 14.6 Å². The summed E-state index contributed by atoms with van der Waals surface area (Å²) in [6.45, 7) is 1.82. The quantitative estimate of drug-likeness (QED) is 0.293. The SMILES string of the molecule is COc1cc(-c2cccc3cc(C(C)Nc4nc(N)ncc4C(=O)O)n(-c4ccccc4)c(=O)c23)ccn1. The third-order valence-electron chi connectivity index (χ3n) is 6.18. The number of aromatic carboxylic acids is 1. The van der Waals surface area contributed by atoms with Crippen molar-refractivity contribution in [2.75, 3.05) is 18.2 Å². The molecule has 38 heavy (non-hydrogen) atoms. The molecule has 0 radical (unpaired) electrons. The van der Waals surface area contributed by atoms with Crippen LogP contribution < -0.4 is 21.3 Å². The van der Waals surface area contributed by atoms with Gasteiger partial charge in [-0.2, -0.15) is 4.98 Å². The van der Waals surface area contributed by atoms with Gasteiger partial charge < -0.3 is 20.9 Å². The van der Waals surface area contributed by atoms with Crippen LogP contribution in [0.3, 0.4) is 0 Å². The predicted octanol–water partition coefficient (Wildman–Crippen LogP) is 4.30. The minimum Gasteiger partial charge on any atom is -0.481 e. The number of benzene rings is 2. The van der Waals surface area contributed by atoms with E-state index in [0.717, 1.165) is 22.7 Å². The Kier molecular flexibility index (Phi) is 6.44. The fourth-order valence-corrected chi connectivity index (χ4v) is 4.41. The van der Waals surface area contributed by atoms with Gasteiger partial charge in [0.05, 0.1) is 18.5 Å². The zero-order valence-electron chi connectivity index (χ0n) is 20.6. The largest absolute Gasteiger partial charge is 0.481 e. The number of nitrogens with one attached hydrogen (secondary N) is 1. The zero-order chi connectivity index (χ0) is 26.8. The number of aromatic nitrogens is 4. The van der Waals surface area contributed by atoms with Gasteiger partial charge in [0.1, 0.15) is 11.4 Å². The molecule has 0 spiro atoms. The first kappa shape index (κ1) is 24.4. The number of carboxylic acid groups (broad SMARTS) is 1. The highest BCUT2D eigenvalue weighted by atomic mass is 16.5. The molecule has 2 aromatic carbocycles. The van der Waals surface area contributed by atoms with Crippen LogP contribution in [0.1, 0.15) is 29.0 Å². The van der Waals surface area contributed by atoms with Gasteiger partial charge in [-0.3, -0.25) is 9.36 Å². The predicted molar refractivity (Wildman–Crippen MR) is 145 cm³/mol. The maximum absolute atomic E-state index is 14.2. The Hall–Kier alpha value is -5.25. The number of ether oxygens (including phenoxy) is 1. The molecular weight excluding hydrogens is 484 g/mol. The second kappa shape index (κ2) is 10.0. The number of anilines is 2. The Labute approximate surface area is 217 Å². The van der Waals surface area contributed by atoms with E-state index in [9.17, 15) is 14.7 Å². The van der Waals surface area contributed by atoms with E-state index in [2.05, 4.69) is 20.3 Å². The van der Waals surface area contributed by atoms with Crippen molar-refractivity contribution in [1.82, 2.24) is 19.5 Å². The molecule has 0 aliphatic carbocycles. The minimum atomic E-state index is -1.20. The highest BCUT2D eigenvalue weighted by Gasteiger charge is 2.21. The second-order valence-corrected chi connectivity index (χ2v) is 8.56. The smallest absolute Gasteiger partial charge is 0.341 e. The van der Waals surface area contributed by atoms with E-state index in [1.165, 1.54) is 0 Å². The van der Waals surface area contributed by atoms with Crippen molar-refractivity contribution in [3.8, 4) is 22.7 Å². The number of rotatable bonds is 7. The lowest BCUT2D eigenvalue weighted by molar-refractivity contribution is 0.0697. The molecule has 1 unspecified atom stereocenters. The van der Waals surface area contributed by atoms with E-state index in [1.807, 2.05) is 67.6 Å². The van der Waals surface area contributed by atoms with Crippen molar-refractivity contribution in [1.29, 1.82) is 0 Å². The van der Waals surface area contributed by atoms with Gasteiger partial charge in [0.25, 0.3) is 5.56 Å². The average molecular weight is 509 g/mol. The van der Waals surface area contributed by atoms with E-state index in [-0.39, 0.29) is 22.9 Å². The first-order chi connectivity index (χ1) is 18.4.